The Bertz CT molecular complexity index is 239. The number of rotatable bonds is 3. The standard InChI is InChI=1S/C7H21B5N2OS/c8-6(9,10)7(11,12)14-3-1-5(2-4-14)16(13)15/h5H,1-4,8-13H2. The molecule has 1 atom stereocenters. The van der Waals surface area contributed by atoms with Gasteiger partial charge in [0.1, 0.15) is 20.9 Å². The maximum absolute atomic E-state index is 11.2. The van der Waals surface area contributed by atoms with Crippen LogP contribution in [0.4, 0.5) is 0 Å². The van der Waals surface area contributed by atoms with Gasteiger partial charge in [-0.3, -0.25) is 0 Å². The number of likely N-dealkylation sites (tertiary alicyclic amines) is 1. The zero-order valence-electron chi connectivity index (χ0n) is 11.2. The smallest absolute Gasteiger partial charge is 0.137 e. The molecular weight excluding hydrogens is 214 g/mol. The molecule has 1 fully saturated rings. The summed E-state index contributed by atoms with van der Waals surface area (Å²) in [5, 5.41) is 6.09. The van der Waals surface area contributed by atoms with Gasteiger partial charge in [-0.15, -0.1) is 5.11 Å². The molecule has 1 saturated heterocycles. The molecule has 0 saturated carbocycles. The second kappa shape index (κ2) is 5.05. The van der Waals surface area contributed by atoms with E-state index in [2.05, 4.69) is 44.1 Å². The Hall–Kier alpha value is 0.555. The number of hydrogen-bond donors (Lipinski definition) is 1. The van der Waals surface area contributed by atoms with E-state index >= 15 is 0 Å². The molecule has 0 aromatic heterocycles. The van der Waals surface area contributed by atoms with Crippen LogP contribution in [0.25, 0.3) is 0 Å². The molecule has 86 valence electrons. The lowest BCUT2D eigenvalue weighted by Crippen LogP contribution is -2.61. The lowest BCUT2D eigenvalue weighted by molar-refractivity contribution is 0.185. The van der Waals surface area contributed by atoms with Crippen LogP contribution in [0.1, 0.15) is 12.8 Å². The van der Waals surface area contributed by atoms with Gasteiger partial charge in [-0.1, -0.05) is 5.34 Å². The van der Waals surface area contributed by atoms with E-state index in [4.69, 9.17) is 5.14 Å². The van der Waals surface area contributed by atoms with E-state index in [0.717, 1.165) is 25.9 Å². The lowest BCUT2D eigenvalue weighted by atomic mass is 9.26. The highest BCUT2D eigenvalue weighted by Crippen LogP contribution is 2.31. The Kier molecular flexibility index (Phi) is 4.61. The van der Waals surface area contributed by atoms with Crippen LogP contribution >= 0.6 is 0 Å². The van der Waals surface area contributed by atoms with Gasteiger partial charge in [0.25, 0.3) is 0 Å². The molecule has 16 heavy (non-hydrogen) atoms. The van der Waals surface area contributed by atoms with Crippen molar-refractivity contribution in [3.63, 3.8) is 0 Å². The Morgan fingerprint density at radius 3 is 1.88 bits per heavy atom. The molecule has 9 heteroatoms. The minimum atomic E-state index is -1.14. The maximum atomic E-state index is 11.2. The van der Waals surface area contributed by atoms with Gasteiger partial charge in [-0.2, -0.15) is 5.14 Å². The fraction of sp³-hybridized carbons (Fsp3) is 1.00. The summed E-state index contributed by atoms with van der Waals surface area (Å²) in [6.07, 6.45) is 1.92. The number of nitrogens with two attached hydrogens (primary N) is 1. The predicted octanol–water partition coefficient (Wildman–Crippen LogP) is -5.03. The second-order valence-corrected chi connectivity index (χ2v) is 7.65. The minimum absolute atomic E-state index is 0.175. The van der Waals surface area contributed by atoms with E-state index in [1.807, 2.05) is 0 Å². The molecule has 1 rings (SSSR count). The molecule has 0 aromatic rings. The van der Waals surface area contributed by atoms with Crippen molar-refractivity contribution < 1.29 is 4.55 Å². The van der Waals surface area contributed by atoms with Crippen molar-refractivity contribution in [1.29, 1.82) is 0 Å². The van der Waals surface area contributed by atoms with Crippen LogP contribution < -0.4 is 5.14 Å². The summed E-state index contributed by atoms with van der Waals surface area (Å²) >= 11 is -1.14. The third-order valence-electron chi connectivity index (χ3n) is 4.40. The maximum Gasteiger partial charge on any atom is 0.137 e. The van der Waals surface area contributed by atoms with E-state index < -0.39 is 11.4 Å². The SMILES string of the molecule is BC(B)(B)C(B)(B)N1CCC([S+](N)[O-])CC1. The quantitative estimate of drug-likeness (QED) is 0.394. The summed E-state index contributed by atoms with van der Waals surface area (Å²) in [6.45, 7) is 2.02. The summed E-state index contributed by atoms with van der Waals surface area (Å²) in [4.78, 5) is 2.51. The van der Waals surface area contributed by atoms with Gasteiger partial charge in [-0.25, -0.2) is 0 Å². The third kappa shape index (κ3) is 3.06. The average Bonchev–Trinajstić information content (AvgIpc) is 2.16. The van der Waals surface area contributed by atoms with Crippen molar-refractivity contribution in [2.24, 2.45) is 5.14 Å². The first-order valence-corrected chi connectivity index (χ1v) is 7.34. The largest absolute Gasteiger partial charge is 0.598 e. The summed E-state index contributed by atoms with van der Waals surface area (Å²) < 4.78 is 11.2. The molecule has 0 amide bonds. The van der Waals surface area contributed by atoms with Crippen molar-refractivity contribution in [3.05, 3.63) is 0 Å². The number of hydrogen-bond acceptors (Lipinski definition) is 3. The van der Waals surface area contributed by atoms with E-state index in [1.165, 1.54) is 0 Å². The molecule has 1 aliphatic heterocycles. The molecule has 0 bridgehead atoms. The Labute approximate surface area is 107 Å². The first kappa shape index (κ1) is 14.6. The molecule has 0 radical (unpaired) electrons. The van der Waals surface area contributed by atoms with Gasteiger partial charge in [0.2, 0.25) is 0 Å². The van der Waals surface area contributed by atoms with Crippen LogP contribution in [0.3, 0.4) is 0 Å². The number of piperidine rings is 1. The van der Waals surface area contributed by atoms with Crippen molar-refractivity contribution in [1.82, 2.24) is 4.90 Å². The van der Waals surface area contributed by atoms with Gasteiger partial charge in [-0.05, 0) is 0 Å². The molecule has 1 heterocycles. The van der Waals surface area contributed by atoms with Crippen LogP contribution in [-0.2, 0) is 11.4 Å². The van der Waals surface area contributed by atoms with Crippen LogP contribution in [0.15, 0.2) is 0 Å². The third-order valence-corrected chi connectivity index (χ3v) is 5.52. The summed E-state index contributed by atoms with van der Waals surface area (Å²) in [5.74, 6) is 0. The van der Waals surface area contributed by atoms with Gasteiger partial charge in [0, 0.05) is 37.3 Å². The first-order valence-electron chi connectivity index (χ1n) is 6.06. The molecule has 3 nitrogen and oxygen atoms in total. The molecule has 2 N–H and O–H groups in total. The zero-order valence-corrected chi connectivity index (χ0v) is 12.1. The fourth-order valence-electron chi connectivity index (χ4n) is 2.12. The second-order valence-electron chi connectivity index (χ2n) is 6.32. The Morgan fingerprint density at radius 1 is 1.12 bits per heavy atom. The highest BCUT2D eigenvalue weighted by Gasteiger charge is 2.40. The Balaban J connectivity index is 2.60. The highest BCUT2D eigenvalue weighted by molar-refractivity contribution is 7.89. The van der Waals surface area contributed by atoms with Crippen LogP contribution in [0, 0.1) is 0 Å². The Morgan fingerprint density at radius 2 is 1.56 bits per heavy atom. The van der Waals surface area contributed by atoms with Crippen LogP contribution in [0.5, 0.6) is 0 Å². The monoisotopic (exact) mass is 236 g/mol. The summed E-state index contributed by atoms with van der Waals surface area (Å²) in [5.41, 5.74) is 0. The zero-order chi connectivity index (χ0) is 12.6. The van der Waals surface area contributed by atoms with Crippen molar-refractivity contribution >= 4 is 50.6 Å². The van der Waals surface area contributed by atoms with Gasteiger partial charge in [0.05, 0.1) is 23.5 Å². The topological polar surface area (TPSA) is 52.3 Å². The summed E-state index contributed by atoms with van der Waals surface area (Å²) in [6, 6.07) is 0. The normalized spacial score (nSPS) is 23.1. The molecular formula is C7H21B5N2OS. The van der Waals surface area contributed by atoms with Crippen LogP contribution in [-0.4, -0.2) is 72.4 Å². The van der Waals surface area contributed by atoms with Crippen molar-refractivity contribution in [3.8, 4) is 0 Å². The van der Waals surface area contributed by atoms with E-state index in [1.54, 1.807) is 0 Å². The first-order chi connectivity index (χ1) is 7.16. The van der Waals surface area contributed by atoms with Crippen molar-refractivity contribution in [2.45, 2.75) is 28.5 Å². The van der Waals surface area contributed by atoms with Gasteiger partial charge < -0.3 is 9.45 Å². The number of nitrogens with zero attached hydrogens (tertiary/aromatic N) is 1. The predicted molar refractivity (Wildman–Crippen MR) is 85.1 cm³/mol. The fourth-order valence-corrected chi connectivity index (χ4v) is 2.80. The molecule has 0 aliphatic carbocycles. The average molecular weight is 235 g/mol. The van der Waals surface area contributed by atoms with E-state index in [0.29, 0.717) is 0 Å². The lowest BCUT2D eigenvalue weighted by Gasteiger charge is -2.51. The minimum Gasteiger partial charge on any atom is -0.598 e. The summed E-state index contributed by atoms with van der Waals surface area (Å²) in [7, 11) is 11.4. The van der Waals surface area contributed by atoms with Crippen molar-refractivity contribution in [2.75, 3.05) is 13.1 Å². The van der Waals surface area contributed by atoms with E-state index in [9.17, 15) is 4.55 Å². The molecule has 1 unspecified atom stereocenters. The van der Waals surface area contributed by atoms with E-state index in [-0.39, 0.29) is 15.7 Å². The molecule has 1 aliphatic rings. The van der Waals surface area contributed by atoms with Gasteiger partial charge >= 0.3 is 0 Å². The molecule has 0 aromatic carbocycles. The van der Waals surface area contributed by atoms with Gasteiger partial charge in [0.15, 0.2) is 0 Å². The van der Waals surface area contributed by atoms with Crippen LogP contribution in [0.2, 0.25) is 5.11 Å². The molecule has 0 spiro atoms. The highest BCUT2D eigenvalue weighted by atomic mass is 32.2.